The zero-order chi connectivity index (χ0) is 32.8. The Kier molecular flexibility index (Phi) is 10.5. The number of guanidine groups is 1. The fraction of sp³-hybridized carbons (Fsp3) is 0.290. The minimum absolute atomic E-state index is 0.000878. The van der Waals surface area contributed by atoms with Gasteiger partial charge >= 0.3 is 5.97 Å². The Hall–Kier alpha value is -4.37. The number of aromatic nitrogens is 1. The highest BCUT2D eigenvalue weighted by Gasteiger charge is 2.78. The Balaban J connectivity index is 0.000000231. The number of rotatable bonds is 9. The van der Waals surface area contributed by atoms with Gasteiger partial charge in [0, 0.05) is 31.7 Å². The van der Waals surface area contributed by atoms with Crippen molar-refractivity contribution < 1.29 is 19.7 Å². The maximum Gasteiger partial charge on any atom is 0.312 e. The van der Waals surface area contributed by atoms with Gasteiger partial charge in [-0.2, -0.15) is 5.26 Å². The number of allylic oxidation sites excluding steroid dienone is 1. The molecule has 1 aromatic heterocycles. The fourth-order valence-corrected chi connectivity index (χ4v) is 6.14. The van der Waals surface area contributed by atoms with Gasteiger partial charge in [-0.05, 0) is 52.9 Å². The molecule has 1 aliphatic carbocycles. The molecule has 234 valence electrons. The average Bonchev–Trinajstić information content (AvgIpc) is 3.23. The third-order valence-electron chi connectivity index (χ3n) is 7.96. The Bertz CT molecular complexity index is 1640. The third kappa shape index (κ3) is 7.48. The number of hydrazone groups is 1. The number of nitrogens with one attached hydrogen (secondary N) is 1. The quantitative estimate of drug-likeness (QED) is 0.142. The zero-order valence-corrected chi connectivity index (χ0v) is 26.5. The van der Waals surface area contributed by atoms with Crippen molar-refractivity contribution in [1.82, 2.24) is 15.2 Å². The molecule has 5 rings (SSSR count). The summed E-state index contributed by atoms with van der Waals surface area (Å²) in [5, 5.41) is 36.2. The lowest BCUT2D eigenvalue weighted by Crippen LogP contribution is -2.30. The summed E-state index contributed by atoms with van der Waals surface area (Å²) >= 11 is 17.3. The number of carbonyl (C=O) groups is 1. The minimum Gasteiger partial charge on any atom is -0.481 e. The topological polar surface area (TPSA) is 154 Å². The summed E-state index contributed by atoms with van der Waals surface area (Å²) in [7, 11) is 0. The summed E-state index contributed by atoms with van der Waals surface area (Å²) in [5.74, 6) is -0.939. The van der Waals surface area contributed by atoms with Crippen LogP contribution in [0.25, 0.3) is 0 Å². The molecule has 1 saturated heterocycles. The van der Waals surface area contributed by atoms with E-state index in [4.69, 9.17) is 39.5 Å². The number of halogens is 3. The van der Waals surface area contributed by atoms with Crippen molar-refractivity contribution in [2.45, 2.75) is 26.3 Å². The van der Waals surface area contributed by atoms with E-state index in [1.54, 1.807) is 41.4 Å². The van der Waals surface area contributed by atoms with Gasteiger partial charge in [-0.3, -0.25) is 4.79 Å². The molecule has 0 spiro atoms. The highest BCUT2D eigenvalue weighted by atomic mass is 35.5. The monoisotopic (exact) mass is 670 g/mol. The lowest BCUT2D eigenvalue weighted by molar-refractivity contribution is -0.485. The number of hydrogen-bond acceptors (Lipinski definition) is 6. The molecule has 0 radical (unpaired) electrons. The SMILES string of the molecule is CC1(C)[C@@H](C=C(Cl)Cl)[C@]1(C(=O)O)[C@@H](C#N)c1cccc(Oc2ccccc2)c1.O=[N+]([O-])N=C1NCCN1Cc1ccc(Cl)nc1. The normalized spacial score (nSPS) is 20.9. The Morgan fingerprint density at radius 1 is 1.24 bits per heavy atom. The number of nitriles is 1. The Morgan fingerprint density at radius 2 is 1.96 bits per heavy atom. The van der Waals surface area contributed by atoms with Crippen molar-refractivity contribution in [3.05, 3.63) is 110 Å². The van der Waals surface area contributed by atoms with Crippen LogP contribution in [-0.2, 0) is 11.3 Å². The van der Waals surface area contributed by atoms with E-state index in [-0.39, 0.29) is 10.5 Å². The van der Waals surface area contributed by atoms with E-state index in [1.165, 1.54) is 6.08 Å². The lowest BCUT2D eigenvalue weighted by atomic mass is 9.78. The van der Waals surface area contributed by atoms with E-state index >= 15 is 0 Å². The molecule has 2 aromatic carbocycles. The first-order valence-electron chi connectivity index (χ1n) is 13.7. The predicted molar refractivity (Wildman–Crippen MR) is 171 cm³/mol. The van der Waals surface area contributed by atoms with Crippen LogP contribution in [0, 0.1) is 38.2 Å². The van der Waals surface area contributed by atoms with Crippen molar-refractivity contribution in [3.63, 3.8) is 0 Å². The van der Waals surface area contributed by atoms with Crippen LogP contribution in [0.5, 0.6) is 11.5 Å². The molecule has 3 atom stereocenters. The number of carboxylic acids is 1. The number of nitro groups is 1. The van der Waals surface area contributed by atoms with E-state index in [1.807, 2.05) is 50.2 Å². The molecule has 0 amide bonds. The highest BCUT2D eigenvalue weighted by molar-refractivity contribution is 6.55. The predicted octanol–water partition coefficient (Wildman–Crippen LogP) is 6.82. The van der Waals surface area contributed by atoms with Crippen molar-refractivity contribution in [2.24, 2.45) is 21.8 Å². The summed E-state index contributed by atoms with van der Waals surface area (Å²) in [4.78, 5) is 28.4. The highest BCUT2D eigenvalue weighted by Crippen LogP contribution is 2.75. The summed E-state index contributed by atoms with van der Waals surface area (Å²) in [6.07, 6.45) is 3.16. The molecule has 45 heavy (non-hydrogen) atoms. The average molecular weight is 672 g/mol. The molecule has 1 aliphatic heterocycles. The van der Waals surface area contributed by atoms with Gasteiger partial charge < -0.3 is 20.1 Å². The molecule has 0 unspecified atom stereocenters. The van der Waals surface area contributed by atoms with Crippen LogP contribution in [0.1, 0.15) is 30.9 Å². The van der Waals surface area contributed by atoms with E-state index < -0.39 is 33.7 Å². The largest absolute Gasteiger partial charge is 0.481 e. The van der Waals surface area contributed by atoms with Crippen LogP contribution in [0.3, 0.4) is 0 Å². The van der Waals surface area contributed by atoms with Gasteiger partial charge in [0.15, 0.2) is 5.03 Å². The van der Waals surface area contributed by atoms with E-state index in [0.717, 1.165) is 5.56 Å². The molecule has 0 bridgehead atoms. The number of pyridine rings is 1. The molecule has 11 nitrogen and oxygen atoms in total. The van der Waals surface area contributed by atoms with Crippen molar-refractivity contribution >= 4 is 46.7 Å². The van der Waals surface area contributed by atoms with E-state index in [2.05, 4.69) is 21.5 Å². The summed E-state index contributed by atoms with van der Waals surface area (Å²) in [5.41, 5.74) is -0.519. The maximum absolute atomic E-state index is 12.3. The smallest absolute Gasteiger partial charge is 0.312 e. The van der Waals surface area contributed by atoms with E-state index in [9.17, 15) is 25.3 Å². The van der Waals surface area contributed by atoms with Gasteiger partial charge in [-0.1, -0.05) is 85.0 Å². The number of aliphatic carboxylic acids is 1. The van der Waals surface area contributed by atoms with Crippen LogP contribution in [-0.4, -0.2) is 45.0 Å². The van der Waals surface area contributed by atoms with Crippen LogP contribution in [0.15, 0.2) is 88.6 Å². The Morgan fingerprint density at radius 3 is 2.56 bits per heavy atom. The van der Waals surface area contributed by atoms with Gasteiger partial charge in [0.2, 0.25) is 0 Å². The molecular formula is C31H29Cl3N6O5. The maximum atomic E-state index is 12.3. The number of para-hydroxylation sites is 1. The van der Waals surface area contributed by atoms with Gasteiger partial charge in [0.25, 0.3) is 5.96 Å². The van der Waals surface area contributed by atoms with Crippen molar-refractivity contribution in [1.29, 1.82) is 5.26 Å². The molecular weight excluding hydrogens is 643 g/mol. The molecule has 14 heteroatoms. The summed E-state index contributed by atoms with van der Waals surface area (Å²) in [6, 6.07) is 21.9. The van der Waals surface area contributed by atoms with Crippen molar-refractivity contribution in [3.8, 4) is 17.6 Å². The van der Waals surface area contributed by atoms with Gasteiger partial charge in [-0.15, -0.1) is 0 Å². The lowest BCUT2D eigenvalue weighted by Gasteiger charge is -2.22. The number of benzene rings is 2. The second-order valence-electron chi connectivity index (χ2n) is 10.9. The molecule has 2 aliphatic rings. The zero-order valence-electron chi connectivity index (χ0n) is 24.2. The minimum atomic E-state index is -1.33. The first kappa shape index (κ1) is 33.5. The van der Waals surface area contributed by atoms with Gasteiger partial charge in [0.1, 0.15) is 31.7 Å². The molecule has 2 N–H and O–H groups in total. The van der Waals surface area contributed by atoms with Crippen molar-refractivity contribution in [2.75, 3.05) is 13.1 Å². The van der Waals surface area contributed by atoms with E-state index in [0.29, 0.717) is 41.8 Å². The third-order valence-corrected chi connectivity index (χ3v) is 8.43. The molecule has 2 fully saturated rings. The number of carboxylic acid groups (broad SMARTS) is 1. The van der Waals surface area contributed by atoms with Crippen LogP contribution < -0.4 is 10.1 Å². The summed E-state index contributed by atoms with van der Waals surface area (Å²) < 4.78 is 5.84. The van der Waals surface area contributed by atoms with Gasteiger partial charge in [0.05, 0.1) is 12.0 Å². The molecule has 2 heterocycles. The van der Waals surface area contributed by atoms with Crippen LogP contribution >= 0.6 is 34.8 Å². The number of ether oxygens (including phenoxy) is 1. The Labute approximate surface area is 274 Å². The first-order chi connectivity index (χ1) is 21.4. The molecule has 3 aromatic rings. The van der Waals surface area contributed by atoms with Crippen LogP contribution in [0.2, 0.25) is 5.15 Å². The van der Waals surface area contributed by atoms with Gasteiger partial charge in [-0.25, -0.2) is 15.1 Å². The fourth-order valence-electron chi connectivity index (χ4n) is 5.78. The number of hydrogen-bond donors (Lipinski definition) is 2. The summed E-state index contributed by atoms with van der Waals surface area (Å²) in [6.45, 7) is 5.47. The number of nitrogens with zero attached hydrogens (tertiary/aromatic N) is 5. The second kappa shape index (κ2) is 14.2. The molecule has 1 saturated carbocycles. The standard InChI is InChI=1S/C22H19Cl2NO3.C9H10ClN5O2/c1-21(2)18(12-19(23)24)22(21,20(26)27)17(13-25)14-7-6-10-16(11-14)28-15-8-4-3-5-9-15;10-8-2-1-7(5-12-8)6-14-4-3-11-9(14)13-15(16)17/h3-12,17-18H,1-2H3,(H,26,27);1-2,5H,3-4,6H2,(H,11,13)/t17-,18+,22-;/m0./s1. The first-order valence-corrected chi connectivity index (χ1v) is 14.8. The second-order valence-corrected chi connectivity index (χ2v) is 12.3. The van der Waals surface area contributed by atoms with Crippen LogP contribution in [0.4, 0.5) is 0 Å².